The summed E-state index contributed by atoms with van der Waals surface area (Å²) in [5.41, 5.74) is 1.52. The molecule has 4 heteroatoms. The van der Waals surface area contributed by atoms with Crippen molar-refractivity contribution in [2.24, 2.45) is 5.41 Å². The van der Waals surface area contributed by atoms with Gasteiger partial charge in [-0.1, -0.05) is 26.8 Å². The third-order valence-corrected chi connectivity index (χ3v) is 3.74. The summed E-state index contributed by atoms with van der Waals surface area (Å²) >= 11 is 0. The molecule has 1 aromatic carbocycles. The summed E-state index contributed by atoms with van der Waals surface area (Å²) in [6, 6.07) is 4.97. The van der Waals surface area contributed by atoms with Crippen molar-refractivity contribution < 1.29 is 14.3 Å². The van der Waals surface area contributed by atoms with Crippen LogP contribution in [0.3, 0.4) is 0 Å². The van der Waals surface area contributed by atoms with Crippen molar-refractivity contribution in [1.29, 1.82) is 0 Å². The molecule has 21 heavy (non-hydrogen) atoms. The number of halogens is 1. The number of rotatable bonds is 5. The van der Waals surface area contributed by atoms with Gasteiger partial charge >= 0.3 is 5.97 Å². The van der Waals surface area contributed by atoms with Crippen LogP contribution < -0.4 is 0 Å². The topological polar surface area (TPSA) is 40.5 Å². The van der Waals surface area contributed by atoms with Gasteiger partial charge in [-0.2, -0.15) is 0 Å². The van der Waals surface area contributed by atoms with E-state index in [1.54, 1.807) is 0 Å². The smallest absolute Gasteiger partial charge is 0.328 e. The van der Waals surface area contributed by atoms with Crippen molar-refractivity contribution in [3.63, 3.8) is 0 Å². The first-order valence-electron chi connectivity index (χ1n) is 7.00. The minimum absolute atomic E-state index is 0.133. The molecule has 0 aliphatic carbocycles. The third-order valence-electron chi connectivity index (χ3n) is 3.74. The Hall–Kier alpha value is -1.68. The molecular weight excluding hydrogens is 269 g/mol. The highest BCUT2D eigenvalue weighted by Crippen LogP contribution is 2.24. The molecule has 0 aromatic heterocycles. The van der Waals surface area contributed by atoms with Gasteiger partial charge in [-0.05, 0) is 48.7 Å². The van der Waals surface area contributed by atoms with Crippen molar-refractivity contribution in [1.82, 2.24) is 4.90 Å². The summed E-state index contributed by atoms with van der Waals surface area (Å²) in [6.07, 6.45) is 2.42. The number of carboxylic acid groups (broad SMARTS) is 1. The van der Waals surface area contributed by atoms with Crippen molar-refractivity contribution in [3.8, 4) is 0 Å². The number of carboxylic acids is 1. The van der Waals surface area contributed by atoms with Crippen LogP contribution in [0.25, 0.3) is 6.08 Å². The largest absolute Gasteiger partial charge is 0.478 e. The Morgan fingerprint density at radius 2 is 2.00 bits per heavy atom. The molecule has 0 amide bonds. The summed E-state index contributed by atoms with van der Waals surface area (Å²) in [7, 11) is 2.01. The Morgan fingerprint density at radius 3 is 2.52 bits per heavy atom. The molecule has 1 aromatic rings. The van der Waals surface area contributed by atoms with Crippen LogP contribution in [-0.2, 0) is 11.3 Å². The number of benzene rings is 1. The number of aliphatic carboxylic acids is 1. The second-order valence-electron chi connectivity index (χ2n) is 6.52. The SMILES string of the molecule is CC(N(C)Cc1cc(F)cc(C=CC(=O)O)c1)C(C)(C)C. The van der Waals surface area contributed by atoms with E-state index in [1.165, 1.54) is 18.2 Å². The van der Waals surface area contributed by atoms with E-state index in [0.717, 1.165) is 11.6 Å². The van der Waals surface area contributed by atoms with Crippen molar-refractivity contribution in [3.05, 3.63) is 41.2 Å². The highest BCUT2D eigenvalue weighted by atomic mass is 19.1. The molecule has 0 saturated heterocycles. The van der Waals surface area contributed by atoms with Gasteiger partial charge in [-0.15, -0.1) is 0 Å². The Bertz CT molecular complexity index is 532. The second-order valence-corrected chi connectivity index (χ2v) is 6.52. The molecule has 116 valence electrons. The highest BCUT2D eigenvalue weighted by Gasteiger charge is 2.23. The summed E-state index contributed by atoms with van der Waals surface area (Å²) < 4.78 is 13.6. The van der Waals surface area contributed by atoms with Crippen LogP contribution in [0.4, 0.5) is 4.39 Å². The third kappa shape index (κ3) is 5.68. The lowest BCUT2D eigenvalue weighted by Crippen LogP contribution is -2.38. The van der Waals surface area contributed by atoms with E-state index in [2.05, 4.69) is 32.6 Å². The molecule has 0 fully saturated rings. The van der Waals surface area contributed by atoms with Crippen LogP contribution in [0.2, 0.25) is 0 Å². The zero-order chi connectivity index (χ0) is 16.2. The standard InChI is InChI=1S/C17H24FNO2/c1-12(17(2,3)4)19(5)11-14-8-13(6-7-16(20)21)9-15(18)10-14/h6-10,12H,11H2,1-5H3,(H,20,21). The average Bonchev–Trinajstić information content (AvgIpc) is 2.33. The summed E-state index contributed by atoms with van der Waals surface area (Å²) in [4.78, 5) is 12.7. The molecular formula is C17H24FNO2. The van der Waals surface area contributed by atoms with Gasteiger partial charge in [-0.25, -0.2) is 9.18 Å². The van der Waals surface area contributed by atoms with Crippen LogP contribution in [0.1, 0.15) is 38.8 Å². The second kappa shape index (κ2) is 6.85. The first-order chi connectivity index (χ1) is 9.59. The van der Waals surface area contributed by atoms with Gasteiger partial charge in [0.05, 0.1) is 0 Å². The minimum Gasteiger partial charge on any atom is -0.478 e. The Kier molecular flexibility index (Phi) is 5.67. The van der Waals surface area contributed by atoms with Gasteiger partial charge < -0.3 is 5.11 Å². The fraction of sp³-hybridized carbons (Fsp3) is 0.471. The molecule has 0 bridgehead atoms. The summed E-state index contributed by atoms with van der Waals surface area (Å²) in [5.74, 6) is -1.39. The first-order valence-corrected chi connectivity index (χ1v) is 7.00. The van der Waals surface area contributed by atoms with E-state index in [9.17, 15) is 9.18 Å². The number of hydrogen-bond acceptors (Lipinski definition) is 2. The average molecular weight is 293 g/mol. The number of carbonyl (C=O) groups is 1. The Morgan fingerprint density at radius 1 is 1.38 bits per heavy atom. The highest BCUT2D eigenvalue weighted by molar-refractivity contribution is 5.85. The van der Waals surface area contributed by atoms with E-state index in [0.29, 0.717) is 18.2 Å². The van der Waals surface area contributed by atoms with Gasteiger partial charge in [0.1, 0.15) is 5.82 Å². The van der Waals surface area contributed by atoms with Crippen LogP contribution >= 0.6 is 0 Å². The molecule has 0 saturated carbocycles. The summed E-state index contributed by atoms with van der Waals surface area (Å²) in [6.45, 7) is 9.26. The Labute approximate surface area is 126 Å². The van der Waals surface area contributed by atoms with E-state index in [1.807, 2.05) is 13.1 Å². The lowest BCUT2D eigenvalue weighted by Gasteiger charge is -2.35. The van der Waals surface area contributed by atoms with Crippen LogP contribution in [0.15, 0.2) is 24.3 Å². The number of hydrogen-bond donors (Lipinski definition) is 1. The number of nitrogens with zero attached hydrogens (tertiary/aromatic N) is 1. The molecule has 0 spiro atoms. The first kappa shape index (κ1) is 17.4. The zero-order valence-electron chi connectivity index (χ0n) is 13.4. The normalized spacial score (nSPS) is 13.9. The van der Waals surface area contributed by atoms with E-state index in [-0.39, 0.29) is 11.2 Å². The molecule has 1 atom stereocenters. The predicted octanol–water partition coefficient (Wildman–Crippen LogP) is 3.79. The maximum absolute atomic E-state index is 13.6. The molecule has 0 aliphatic heterocycles. The van der Waals surface area contributed by atoms with Crippen molar-refractivity contribution in [2.45, 2.75) is 40.3 Å². The van der Waals surface area contributed by atoms with Crippen molar-refractivity contribution in [2.75, 3.05) is 7.05 Å². The summed E-state index contributed by atoms with van der Waals surface area (Å²) in [5, 5.41) is 8.63. The molecule has 0 aliphatic rings. The van der Waals surface area contributed by atoms with Gasteiger partial charge in [0.25, 0.3) is 0 Å². The zero-order valence-corrected chi connectivity index (χ0v) is 13.4. The van der Waals surface area contributed by atoms with Crippen LogP contribution in [-0.4, -0.2) is 29.1 Å². The fourth-order valence-electron chi connectivity index (χ4n) is 2.12. The van der Waals surface area contributed by atoms with Gasteiger partial charge in [0.2, 0.25) is 0 Å². The lowest BCUT2D eigenvalue weighted by molar-refractivity contribution is -0.131. The molecule has 1 unspecified atom stereocenters. The Balaban J connectivity index is 2.91. The van der Waals surface area contributed by atoms with Gasteiger partial charge in [0.15, 0.2) is 0 Å². The molecule has 1 N–H and O–H groups in total. The maximum atomic E-state index is 13.6. The lowest BCUT2D eigenvalue weighted by atomic mass is 9.87. The predicted molar refractivity (Wildman–Crippen MR) is 83.5 cm³/mol. The van der Waals surface area contributed by atoms with Gasteiger partial charge in [0, 0.05) is 18.7 Å². The molecule has 0 radical (unpaired) electrons. The minimum atomic E-state index is -1.04. The quantitative estimate of drug-likeness (QED) is 0.840. The molecule has 0 heterocycles. The van der Waals surface area contributed by atoms with E-state index < -0.39 is 5.97 Å². The van der Waals surface area contributed by atoms with Crippen molar-refractivity contribution >= 4 is 12.0 Å². The maximum Gasteiger partial charge on any atom is 0.328 e. The molecule has 3 nitrogen and oxygen atoms in total. The van der Waals surface area contributed by atoms with E-state index >= 15 is 0 Å². The van der Waals surface area contributed by atoms with E-state index in [4.69, 9.17) is 5.11 Å². The fourth-order valence-corrected chi connectivity index (χ4v) is 2.12. The molecule has 1 rings (SSSR count). The van der Waals surface area contributed by atoms with Gasteiger partial charge in [-0.3, -0.25) is 4.90 Å². The van der Waals surface area contributed by atoms with Crippen LogP contribution in [0, 0.1) is 11.2 Å². The van der Waals surface area contributed by atoms with Crippen LogP contribution in [0.5, 0.6) is 0 Å². The monoisotopic (exact) mass is 293 g/mol.